The molecule has 14 heavy (non-hydrogen) atoms. The lowest BCUT2D eigenvalue weighted by Crippen LogP contribution is -2.31. The van der Waals surface area contributed by atoms with E-state index >= 15 is 0 Å². The van der Waals surface area contributed by atoms with Gasteiger partial charge in [0.25, 0.3) is 0 Å². The van der Waals surface area contributed by atoms with Crippen molar-refractivity contribution in [1.29, 1.82) is 0 Å². The van der Waals surface area contributed by atoms with Crippen LogP contribution in [0.15, 0.2) is 12.5 Å². The molecule has 2 rings (SSSR count). The van der Waals surface area contributed by atoms with Crippen LogP contribution < -0.4 is 4.90 Å². The summed E-state index contributed by atoms with van der Waals surface area (Å²) < 4.78 is 0. The SMILES string of the molecule is CCc1cncnc1N1CCCCC1. The summed E-state index contributed by atoms with van der Waals surface area (Å²) in [5.41, 5.74) is 1.27. The van der Waals surface area contributed by atoms with Crippen molar-refractivity contribution in [3.8, 4) is 0 Å². The van der Waals surface area contributed by atoms with Crippen molar-refractivity contribution in [1.82, 2.24) is 9.97 Å². The van der Waals surface area contributed by atoms with Crippen molar-refractivity contribution >= 4 is 5.82 Å². The van der Waals surface area contributed by atoms with Gasteiger partial charge in [0, 0.05) is 24.8 Å². The van der Waals surface area contributed by atoms with Crippen LogP contribution in [0.4, 0.5) is 5.82 Å². The van der Waals surface area contributed by atoms with E-state index in [9.17, 15) is 0 Å². The van der Waals surface area contributed by atoms with Gasteiger partial charge in [0.1, 0.15) is 12.1 Å². The summed E-state index contributed by atoms with van der Waals surface area (Å²) in [6, 6.07) is 0. The van der Waals surface area contributed by atoms with Gasteiger partial charge in [-0.15, -0.1) is 0 Å². The fourth-order valence-corrected chi connectivity index (χ4v) is 1.99. The Bertz CT molecular complexity index is 292. The van der Waals surface area contributed by atoms with E-state index < -0.39 is 0 Å². The Labute approximate surface area is 85.2 Å². The normalized spacial score (nSPS) is 17.1. The average Bonchev–Trinajstić information content (AvgIpc) is 2.30. The molecule has 0 bridgehead atoms. The quantitative estimate of drug-likeness (QED) is 0.716. The second-order valence-electron chi connectivity index (χ2n) is 3.77. The third-order valence-electron chi connectivity index (χ3n) is 2.80. The second-order valence-corrected chi connectivity index (χ2v) is 3.77. The Balaban J connectivity index is 2.20. The van der Waals surface area contributed by atoms with E-state index in [1.807, 2.05) is 6.20 Å². The molecule has 1 aromatic heterocycles. The van der Waals surface area contributed by atoms with Crippen LogP contribution in [-0.4, -0.2) is 23.1 Å². The van der Waals surface area contributed by atoms with Gasteiger partial charge in [-0.2, -0.15) is 0 Å². The minimum Gasteiger partial charge on any atom is -0.356 e. The number of rotatable bonds is 2. The first kappa shape index (κ1) is 9.44. The van der Waals surface area contributed by atoms with Crippen molar-refractivity contribution in [2.45, 2.75) is 32.6 Å². The molecule has 2 heterocycles. The highest BCUT2D eigenvalue weighted by Gasteiger charge is 2.14. The van der Waals surface area contributed by atoms with Gasteiger partial charge in [-0.1, -0.05) is 6.92 Å². The average molecular weight is 191 g/mol. The molecule has 3 heteroatoms. The smallest absolute Gasteiger partial charge is 0.135 e. The van der Waals surface area contributed by atoms with Gasteiger partial charge in [0.15, 0.2) is 0 Å². The van der Waals surface area contributed by atoms with Crippen molar-refractivity contribution in [2.75, 3.05) is 18.0 Å². The molecule has 0 atom stereocenters. The Morgan fingerprint density at radius 2 is 2.07 bits per heavy atom. The first-order valence-electron chi connectivity index (χ1n) is 5.45. The summed E-state index contributed by atoms with van der Waals surface area (Å²) in [6.07, 6.45) is 8.58. The monoisotopic (exact) mass is 191 g/mol. The maximum Gasteiger partial charge on any atom is 0.135 e. The van der Waals surface area contributed by atoms with Crippen LogP contribution in [-0.2, 0) is 6.42 Å². The highest BCUT2D eigenvalue weighted by molar-refractivity contribution is 5.45. The predicted molar refractivity (Wildman–Crippen MR) is 57.5 cm³/mol. The fraction of sp³-hybridized carbons (Fsp3) is 0.636. The molecule has 1 saturated heterocycles. The first-order valence-corrected chi connectivity index (χ1v) is 5.45. The number of piperidine rings is 1. The summed E-state index contributed by atoms with van der Waals surface area (Å²) in [4.78, 5) is 10.9. The van der Waals surface area contributed by atoms with Crippen molar-refractivity contribution in [3.05, 3.63) is 18.1 Å². The minimum absolute atomic E-state index is 1.02. The number of aromatic nitrogens is 2. The molecule has 0 amide bonds. The van der Waals surface area contributed by atoms with Crippen LogP contribution in [0.5, 0.6) is 0 Å². The maximum absolute atomic E-state index is 4.39. The zero-order valence-electron chi connectivity index (χ0n) is 8.74. The van der Waals surface area contributed by atoms with Crippen LogP contribution in [0.25, 0.3) is 0 Å². The molecular formula is C11H17N3. The van der Waals surface area contributed by atoms with Crippen molar-refractivity contribution in [3.63, 3.8) is 0 Å². The van der Waals surface area contributed by atoms with Crippen LogP contribution in [0, 0.1) is 0 Å². The molecule has 1 fully saturated rings. The van der Waals surface area contributed by atoms with E-state index in [0.717, 1.165) is 25.3 Å². The summed E-state index contributed by atoms with van der Waals surface area (Å²) >= 11 is 0. The maximum atomic E-state index is 4.39. The molecular weight excluding hydrogens is 174 g/mol. The van der Waals surface area contributed by atoms with Crippen LogP contribution in [0.1, 0.15) is 31.7 Å². The summed E-state index contributed by atoms with van der Waals surface area (Å²) in [5.74, 6) is 1.15. The van der Waals surface area contributed by atoms with Crippen molar-refractivity contribution in [2.24, 2.45) is 0 Å². The predicted octanol–water partition coefficient (Wildman–Crippen LogP) is 2.03. The van der Waals surface area contributed by atoms with Gasteiger partial charge < -0.3 is 4.90 Å². The zero-order valence-corrected chi connectivity index (χ0v) is 8.74. The molecule has 76 valence electrons. The van der Waals surface area contributed by atoms with Gasteiger partial charge in [-0.3, -0.25) is 0 Å². The summed E-state index contributed by atoms with van der Waals surface area (Å²) in [6.45, 7) is 4.47. The van der Waals surface area contributed by atoms with E-state index in [-0.39, 0.29) is 0 Å². The summed E-state index contributed by atoms with van der Waals surface area (Å²) in [5, 5.41) is 0. The lowest BCUT2D eigenvalue weighted by molar-refractivity contribution is 0.571. The third-order valence-corrected chi connectivity index (χ3v) is 2.80. The number of anilines is 1. The summed E-state index contributed by atoms with van der Waals surface area (Å²) in [7, 11) is 0. The van der Waals surface area contributed by atoms with E-state index in [0.29, 0.717) is 0 Å². The van der Waals surface area contributed by atoms with Gasteiger partial charge in [-0.05, 0) is 25.7 Å². The number of nitrogens with zero attached hydrogens (tertiary/aromatic N) is 3. The number of hydrogen-bond donors (Lipinski definition) is 0. The Morgan fingerprint density at radius 3 is 2.79 bits per heavy atom. The minimum atomic E-state index is 1.02. The molecule has 0 unspecified atom stereocenters. The standard InChI is InChI=1S/C11H17N3/c1-2-10-8-12-9-13-11(10)14-6-4-3-5-7-14/h8-9H,2-7H2,1H3. The molecule has 0 spiro atoms. The molecule has 0 aromatic carbocycles. The highest BCUT2D eigenvalue weighted by Crippen LogP contribution is 2.20. The van der Waals surface area contributed by atoms with E-state index in [2.05, 4.69) is 21.8 Å². The topological polar surface area (TPSA) is 29.0 Å². The van der Waals surface area contributed by atoms with E-state index in [1.54, 1.807) is 6.33 Å². The third kappa shape index (κ3) is 1.86. The molecule has 0 aliphatic carbocycles. The molecule has 0 radical (unpaired) electrons. The molecule has 1 aliphatic heterocycles. The first-order chi connectivity index (χ1) is 6.92. The number of aryl methyl sites for hydroxylation is 1. The van der Waals surface area contributed by atoms with Gasteiger partial charge in [-0.25, -0.2) is 9.97 Å². The lowest BCUT2D eigenvalue weighted by atomic mass is 10.1. The van der Waals surface area contributed by atoms with Crippen molar-refractivity contribution < 1.29 is 0 Å². The molecule has 0 N–H and O–H groups in total. The molecule has 3 nitrogen and oxygen atoms in total. The van der Waals surface area contributed by atoms with Gasteiger partial charge in [0.05, 0.1) is 0 Å². The molecule has 1 aliphatic rings. The van der Waals surface area contributed by atoms with E-state index in [4.69, 9.17) is 0 Å². The van der Waals surface area contributed by atoms with E-state index in [1.165, 1.54) is 24.8 Å². The van der Waals surface area contributed by atoms with Gasteiger partial charge in [0.2, 0.25) is 0 Å². The Hall–Kier alpha value is -1.12. The van der Waals surface area contributed by atoms with Crippen LogP contribution in [0.2, 0.25) is 0 Å². The Kier molecular flexibility index (Phi) is 2.96. The largest absolute Gasteiger partial charge is 0.356 e. The fourth-order valence-electron chi connectivity index (χ4n) is 1.99. The lowest BCUT2D eigenvalue weighted by Gasteiger charge is -2.28. The zero-order chi connectivity index (χ0) is 9.80. The Morgan fingerprint density at radius 1 is 1.29 bits per heavy atom. The molecule has 1 aromatic rings. The highest BCUT2D eigenvalue weighted by atomic mass is 15.2. The molecule has 0 saturated carbocycles. The number of hydrogen-bond acceptors (Lipinski definition) is 3. The second kappa shape index (κ2) is 4.40. The van der Waals surface area contributed by atoms with Crippen LogP contribution in [0.3, 0.4) is 0 Å². The van der Waals surface area contributed by atoms with Gasteiger partial charge >= 0.3 is 0 Å². The van der Waals surface area contributed by atoms with Crippen LogP contribution >= 0.6 is 0 Å².